The number of likely N-dealkylation sites (N-methyl/N-ethyl adjacent to an activating group) is 1. The first-order valence-electron chi connectivity index (χ1n) is 10.6. The fraction of sp³-hybridized carbons (Fsp3) is 0.667. The fourth-order valence-corrected chi connectivity index (χ4v) is 5.68. The number of hydrogen-bond donors (Lipinski definition) is 1. The number of rotatable bonds is 7. The number of nitrogens with zero attached hydrogens (tertiary/aromatic N) is 3. The molecule has 1 atom stereocenters. The molecule has 1 N–H and O–H groups in total. The van der Waals surface area contributed by atoms with Crippen LogP contribution in [-0.2, 0) is 10.0 Å². The van der Waals surface area contributed by atoms with Gasteiger partial charge < -0.3 is 10.2 Å². The Morgan fingerprint density at radius 1 is 1.07 bits per heavy atom. The van der Waals surface area contributed by atoms with Gasteiger partial charge in [-0.05, 0) is 44.0 Å². The average Bonchev–Trinajstić information content (AvgIpc) is 3.25. The summed E-state index contributed by atoms with van der Waals surface area (Å²) in [5.74, 6) is 0.198. The number of sulfonamides is 1. The normalized spacial score (nSPS) is 20.8. The van der Waals surface area contributed by atoms with Crippen molar-refractivity contribution in [1.82, 2.24) is 19.4 Å². The zero-order chi connectivity index (χ0) is 21.0. The van der Waals surface area contributed by atoms with E-state index in [2.05, 4.69) is 36.0 Å². The maximum atomic E-state index is 12.8. The smallest absolute Gasteiger partial charge is 0.251 e. The summed E-state index contributed by atoms with van der Waals surface area (Å²) in [4.78, 5) is 17.7. The van der Waals surface area contributed by atoms with E-state index in [0.29, 0.717) is 31.1 Å². The third-order valence-electron chi connectivity index (χ3n) is 6.05. The Bertz CT molecular complexity index is 798. The third-order valence-corrected chi connectivity index (χ3v) is 7.94. The van der Waals surface area contributed by atoms with E-state index >= 15 is 0 Å². The standard InChI is InChI=1S/C21H34N4O3S/c1-17(2)20(24-13-11-23(3)12-14-24)16-22-21(26)18-7-6-8-19(15-18)29(27,28)25-9-4-5-10-25/h6-8,15,17,20H,4-5,9-14,16H2,1-3H3,(H,22,26). The molecule has 29 heavy (non-hydrogen) atoms. The molecule has 1 aromatic rings. The van der Waals surface area contributed by atoms with Crippen LogP contribution in [-0.4, -0.2) is 87.3 Å². The lowest BCUT2D eigenvalue weighted by atomic mass is 10.0. The molecule has 0 bridgehead atoms. The van der Waals surface area contributed by atoms with Gasteiger partial charge in [0.25, 0.3) is 5.91 Å². The van der Waals surface area contributed by atoms with E-state index in [1.165, 1.54) is 10.4 Å². The van der Waals surface area contributed by atoms with Crippen LogP contribution >= 0.6 is 0 Å². The molecule has 2 saturated heterocycles. The molecule has 8 heteroatoms. The first-order chi connectivity index (χ1) is 13.8. The monoisotopic (exact) mass is 422 g/mol. The zero-order valence-electron chi connectivity index (χ0n) is 17.8. The Morgan fingerprint density at radius 3 is 2.34 bits per heavy atom. The summed E-state index contributed by atoms with van der Waals surface area (Å²) in [5, 5.41) is 3.03. The lowest BCUT2D eigenvalue weighted by Gasteiger charge is -2.39. The van der Waals surface area contributed by atoms with Crippen LogP contribution in [0.2, 0.25) is 0 Å². The lowest BCUT2D eigenvalue weighted by Crippen LogP contribution is -2.54. The SMILES string of the molecule is CC(C)C(CNC(=O)c1cccc(S(=O)(=O)N2CCCC2)c1)N1CCN(C)CC1. The maximum absolute atomic E-state index is 12.8. The largest absolute Gasteiger partial charge is 0.350 e. The van der Waals surface area contributed by atoms with Crippen LogP contribution in [0.15, 0.2) is 29.2 Å². The summed E-state index contributed by atoms with van der Waals surface area (Å²) in [7, 11) is -1.39. The summed E-state index contributed by atoms with van der Waals surface area (Å²) >= 11 is 0. The molecule has 2 aliphatic heterocycles. The molecule has 1 aromatic carbocycles. The van der Waals surface area contributed by atoms with Crippen molar-refractivity contribution in [2.24, 2.45) is 5.92 Å². The topological polar surface area (TPSA) is 73.0 Å². The van der Waals surface area contributed by atoms with Crippen LogP contribution < -0.4 is 5.32 Å². The fourth-order valence-electron chi connectivity index (χ4n) is 4.11. The number of amides is 1. The molecule has 0 aromatic heterocycles. The second kappa shape index (κ2) is 9.55. The molecule has 2 heterocycles. The first kappa shape index (κ1) is 22.2. The van der Waals surface area contributed by atoms with E-state index in [4.69, 9.17) is 0 Å². The Balaban J connectivity index is 1.65. The van der Waals surface area contributed by atoms with E-state index in [1.54, 1.807) is 18.2 Å². The van der Waals surface area contributed by atoms with Crippen molar-refractivity contribution in [3.8, 4) is 0 Å². The van der Waals surface area contributed by atoms with Gasteiger partial charge in [0.15, 0.2) is 0 Å². The maximum Gasteiger partial charge on any atom is 0.251 e. The van der Waals surface area contributed by atoms with Crippen molar-refractivity contribution in [1.29, 1.82) is 0 Å². The predicted molar refractivity (Wildman–Crippen MR) is 114 cm³/mol. The van der Waals surface area contributed by atoms with Crippen molar-refractivity contribution in [2.75, 3.05) is 52.9 Å². The van der Waals surface area contributed by atoms with Crippen LogP contribution in [0.1, 0.15) is 37.0 Å². The molecule has 1 unspecified atom stereocenters. The molecule has 7 nitrogen and oxygen atoms in total. The Morgan fingerprint density at radius 2 is 1.72 bits per heavy atom. The van der Waals surface area contributed by atoms with Gasteiger partial charge in [0.2, 0.25) is 10.0 Å². The molecule has 0 aliphatic carbocycles. The molecule has 2 fully saturated rings. The second-order valence-corrected chi connectivity index (χ2v) is 10.4. The van der Waals surface area contributed by atoms with Crippen LogP contribution in [0, 0.1) is 5.92 Å². The number of benzene rings is 1. The Labute approximate surface area is 175 Å². The van der Waals surface area contributed by atoms with Gasteiger partial charge in [0, 0.05) is 57.4 Å². The zero-order valence-corrected chi connectivity index (χ0v) is 18.6. The number of carbonyl (C=O) groups excluding carboxylic acids is 1. The number of carbonyl (C=O) groups is 1. The van der Waals surface area contributed by atoms with E-state index in [9.17, 15) is 13.2 Å². The molecule has 1 amide bonds. The summed E-state index contributed by atoms with van der Waals surface area (Å²) in [6, 6.07) is 6.68. The Hall–Kier alpha value is -1.48. The van der Waals surface area contributed by atoms with E-state index < -0.39 is 10.0 Å². The Kier molecular flexibility index (Phi) is 7.32. The van der Waals surface area contributed by atoms with Crippen LogP contribution in [0.25, 0.3) is 0 Å². The van der Waals surface area contributed by atoms with Gasteiger partial charge in [0.1, 0.15) is 0 Å². The second-order valence-electron chi connectivity index (χ2n) is 8.50. The van der Waals surface area contributed by atoms with E-state index in [0.717, 1.165) is 39.0 Å². The highest BCUT2D eigenvalue weighted by Gasteiger charge is 2.28. The molecule has 0 radical (unpaired) electrons. The quantitative estimate of drug-likeness (QED) is 0.721. The van der Waals surface area contributed by atoms with Crippen molar-refractivity contribution < 1.29 is 13.2 Å². The molecule has 0 spiro atoms. The summed E-state index contributed by atoms with van der Waals surface area (Å²) in [6.07, 6.45) is 1.78. The van der Waals surface area contributed by atoms with Crippen molar-refractivity contribution in [2.45, 2.75) is 37.6 Å². The van der Waals surface area contributed by atoms with Crippen LogP contribution in [0.4, 0.5) is 0 Å². The highest BCUT2D eigenvalue weighted by atomic mass is 32.2. The number of hydrogen-bond acceptors (Lipinski definition) is 5. The lowest BCUT2D eigenvalue weighted by molar-refractivity contribution is 0.0791. The molecule has 162 valence electrons. The number of nitrogens with one attached hydrogen (secondary N) is 1. The minimum atomic E-state index is -3.52. The van der Waals surface area contributed by atoms with E-state index in [-0.39, 0.29) is 16.8 Å². The van der Waals surface area contributed by atoms with Gasteiger partial charge in [-0.2, -0.15) is 4.31 Å². The highest BCUT2D eigenvalue weighted by Crippen LogP contribution is 2.21. The minimum Gasteiger partial charge on any atom is -0.350 e. The van der Waals surface area contributed by atoms with Gasteiger partial charge in [-0.25, -0.2) is 8.42 Å². The molecular weight excluding hydrogens is 388 g/mol. The molecule has 0 saturated carbocycles. The van der Waals surface area contributed by atoms with Crippen LogP contribution in [0.5, 0.6) is 0 Å². The van der Waals surface area contributed by atoms with Gasteiger partial charge >= 0.3 is 0 Å². The van der Waals surface area contributed by atoms with Gasteiger partial charge in [-0.1, -0.05) is 19.9 Å². The third kappa shape index (κ3) is 5.36. The molecular formula is C21H34N4O3S. The van der Waals surface area contributed by atoms with Gasteiger partial charge in [0.05, 0.1) is 4.90 Å². The van der Waals surface area contributed by atoms with Gasteiger partial charge in [-0.15, -0.1) is 0 Å². The van der Waals surface area contributed by atoms with Crippen molar-refractivity contribution in [3.05, 3.63) is 29.8 Å². The summed E-state index contributed by atoms with van der Waals surface area (Å²) < 4.78 is 27.1. The summed E-state index contributed by atoms with van der Waals surface area (Å²) in [6.45, 7) is 10.1. The van der Waals surface area contributed by atoms with Crippen molar-refractivity contribution in [3.63, 3.8) is 0 Å². The highest BCUT2D eigenvalue weighted by molar-refractivity contribution is 7.89. The predicted octanol–water partition coefficient (Wildman–Crippen LogP) is 1.47. The summed E-state index contributed by atoms with van der Waals surface area (Å²) in [5.41, 5.74) is 0.395. The van der Waals surface area contributed by atoms with Crippen molar-refractivity contribution >= 4 is 15.9 Å². The molecule has 2 aliphatic rings. The van der Waals surface area contributed by atoms with Crippen LogP contribution in [0.3, 0.4) is 0 Å². The van der Waals surface area contributed by atoms with E-state index in [1.807, 2.05) is 0 Å². The molecule has 3 rings (SSSR count). The minimum absolute atomic E-state index is 0.200. The van der Waals surface area contributed by atoms with Gasteiger partial charge in [-0.3, -0.25) is 9.69 Å². The number of piperazine rings is 1. The first-order valence-corrected chi connectivity index (χ1v) is 12.0. The average molecular weight is 423 g/mol.